The average Bonchev–Trinajstić information content (AvgIpc) is 2.61. The number of anilines is 1. The molecule has 5 nitrogen and oxygen atoms in total. The van der Waals surface area contributed by atoms with Gasteiger partial charge < -0.3 is 15.2 Å². The predicted molar refractivity (Wildman–Crippen MR) is 65.8 cm³/mol. The molecule has 0 radical (unpaired) electrons. The van der Waals surface area contributed by atoms with Gasteiger partial charge in [0, 0.05) is 6.61 Å². The summed E-state index contributed by atoms with van der Waals surface area (Å²) in [7, 11) is 0. The molecular formula is C11H15NO4S. The highest BCUT2D eigenvalue weighted by Crippen LogP contribution is 2.27. The number of carbonyl (C=O) groups is 2. The van der Waals surface area contributed by atoms with Crippen LogP contribution in [0.5, 0.6) is 0 Å². The minimum atomic E-state index is -1.03. The van der Waals surface area contributed by atoms with Gasteiger partial charge in [-0.05, 0) is 24.3 Å². The highest BCUT2D eigenvalue weighted by Gasteiger charge is 2.17. The van der Waals surface area contributed by atoms with Crippen LogP contribution >= 0.6 is 11.3 Å². The largest absolute Gasteiger partial charge is 0.477 e. The Labute approximate surface area is 103 Å². The SMILES string of the molecule is CCCOCC(=O)Nc1c(C)csc1C(=O)O. The number of aryl methyl sites for hydroxylation is 1. The first kappa shape index (κ1) is 13.7. The average molecular weight is 257 g/mol. The molecule has 0 aromatic carbocycles. The maximum atomic E-state index is 11.5. The van der Waals surface area contributed by atoms with E-state index in [1.54, 1.807) is 12.3 Å². The number of thiophene rings is 1. The van der Waals surface area contributed by atoms with Gasteiger partial charge in [0.05, 0.1) is 5.69 Å². The van der Waals surface area contributed by atoms with E-state index in [1.165, 1.54) is 0 Å². The van der Waals surface area contributed by atoms with Gasteiger partial charge in [0.15, 0.2) is 0 Å². The van der Waals surface area contributed by atoms with Crippen LogP contribution in [0, 0.1) is 6.92 Å². The summed E-state index contributed by atoms with van der Waals surface area (Å²) in [4.78, 5) is 22.5. The Bertz CT molecular complexity index is 414. The van der Waals surface area contributed by atoms with E-state index >= 15 is 0 Å². The van der Waals surface area contributed by atoms with Crippen molar-refractivity contribution in [2.45, 2.75) is 20.3 Å². The maximum absolute atomic E-state index is 11.5. The van der Waals surface area contributed by atoms with Gasteiger partial charge in [-0.3, -0.25) is 4.79 Å². The van der Waals surface area contributed by atoms with E-state index in [4.69, 9.17) is 9.84 Å². The molecule has 0 bridgehead atoms. The monoisotopic (exact) mass is 257 g/mol. The quantitative estimate of drug-likeness (QED) is 0.765. The molecule has 0 saturated heterocycles. The topological polar surface area (TPSA) is 75.6 Å². The lowest BCUT2D eigenvalue weighted by atomic mass is 10.2. The summed E-state index contributed by atoms with van der Waals surface area (Å²) < 4.78 is 5.08. The molecule has 1 amide bonds. The highest BCUT2D eigenvalue weighted by molar-refractivity contribution is 7.12. The summed E-state index contributed by atoms with van der Waals surface area (Å²) in [6.45, 7) is 4.17. The fourth-order valence-corrected chi connectivity index (χ4v) is 2.08. The fraction of sp³-hybridized carbons (Fsp3) is 0.455. The van der Waals surface area contributed by atoms with Crippen LogP contribution in [0.3, 0.4) is 0 Å². The van der Waals surface area contributed by atoms with E-state index in [0.717, 1.165) is 23.3 Å². The first-order valence-electron chi connectivity index (χ1n) is 5.25. The van der Waals surface area contributed by atoms with Crippen molar-refractivity contribution in [3.63, 3.8) is 0 Å². The maximum Gasteiger partial charge on any atom is 0.348 e. The van der Waals surface area contributed by atoms with Crippen LogP contribution in [0.4, 0.5) is 5.69 Å². The molecule has 6 heteroatoms. The number of ether oxygens (including phenoxy) is 1. The summed E-state index contributed by atoms with van der Waals surface area (Å²) >= 11 is 1.10. The minimum Gasteiger partial charge on any atom is -0.477 e. The number of amides is 1. The Balaban J connectivity index is 2.64. The molecule has 2 N–H and O–H groups in total. The second kappa shape index (κ2) is 6.36. The van der Waals surface area contributed by atoms with E-state index in [2.05, 4.69) is 5.32 Å². The summed E-state index contributed by atoms with van der Waals surface area (Å²) in [5.41, 5.74) is 1.11. The Kier molecular flexibility index (Phi) is 5.11. The summed E-state index contributed by atoms with van der Waals surface area (Å²) in [6.07, 6.45) is 0.838. The number of rotatable bonds is 6. The molecule has 1 aromatic rings. The highest BCUT2D eigenvalue weighted by atomic mass is 32.1. The van der Waals surface area contributed by atoms with Gasteiger partial charge in [0.2, 0.25) is 5.91 Å². The van der Waals surface area contributed by atoms with Gasteiger partial charge in [-0.25, -0.2) is 4.79 Å². The Morgan fingerprint density at radius 1 is 1.53 bits per heavy atom. The number of hydrogen-bond donors (Lipinski definition) is 2. The Morgan fingerprint density at radius 2 is 2.24 bits per heavy atom. The number of carboxylic acid groups (broad SMARTS) is 1. The van der Waals surface area contributed by atoms with Gasteiger partial charge in [-0.2, -0.15) is 0 Å². The van der Waals surface area contributed by atoms with Crippen molar-refractivity contribution in [1.29, 1.82) is 0 Å². The Hall–Kier alpha value is -1.40. The van der Waals surface area contributed by atoms with Gasteiger partial charge in [0.25, 0.3) is 0 Å². The van der Waals surface area contributed by atoms with Crippen molar-refractivity contribution in [2.24, 2.45) is 0 Å². The van der Waals surface area contributed by atoms with E-state index in [1.807, 2.05) is 6.92 Å². The van der Waals surface area contributed by atoms with Gasteiger partial charge in [-0.1, -0.05) is 6.92 Å². The molecule has 0 aliphatic heterocycles. The molecule has 0 aliphatic carbocycles. The van der Waals surface area contributed by atoms with Crippen LogP contribution in [0.25, 0.3) is 0 Å². The lowest BCUT2D eigenvalue weighted by molar-refractivity contribution is -0.120. The van der Waals surface area contributed by atoms with Crippen LogP contribution in [-0.4, -0.2) is 30.2 Å². The molecule has 17 heavy (non-hydrogen) atoms. The zero-order valence-electron chi connectivity index (χ0n) is 9.78. The third kappa shape index (κ3) is 3.83. The zero-order chi connectivity index (χ0) is 12.8. The van der Waals surface area contributed by atoms with Crippen molar-refractivity contribution in [3.8, 4) is 0 Å². The Morgan fingerprint density at radius 3 is 2.82 bits per heavy atom. The van der Waals surface area contributed by atoms with Gasteiger partial charge in [-0.15, -0.1) is 11.3 Å². The second-order valence-electron chi connectivity index (χ2n) is 3.53. The molecule has 0 saturated carbocycles. The molecule has 1 aromatic heterocycles. The number of nitrogens with one attached hydrogen (secondary N) is 1. The van der Waals surface area contributed by atoms with Crippen LogP contribution in [0.1, 0.15) is 28.6 Å². The zero-order valence-corrected chi connectivity index (χ0v) is 10.6. The van der Waals surface area contributed by atoms with Crippen molar-refractivity contribution < 1.29 is 19.4 Å². The van der Waals surface area contributed by atoms with E-state index < -0.39 is 5.97 Å². The summed E-state index contributed by atoms with van der Waals surface area (Å²) in [6, 6.07) is 0. The first-order chi connectivity index (χ1) is 8.06. The third-order valence-corrected chi connectivity index (χ3v) is 3.10. The van der Waals surface area contributed by atoms with Crippen molar-refractivity contribution in [1.82, 2.24) is 0 Å². The smallest absolute Gasteiger partial charge is 0.348 e. The molecule has 1 rings (SSSR count). The fourth-order valence-electron chi connectivity index (χ4n) is 1.24. The number of carboxylic acids is 1. The molecule has 0 fully saturated rings. The molecule has 0 atom stereocenters. The van der Waals surface area contributed by atoms with Crippen molar-refractivity contribution >= 4 is 28.9 Å². The van der Waals surface area contributed by atoms with Crippen LogP contribution < -0.4 is 5.32 Å². The summed E-state index contributed by atoms with van der Waals surface area (Å²) in [5.74, 6) is -1.37. The normalized spacial score (nSPS) is 10.2. The van der Waals surface area contributed by atoms with Crippen molar-refractivity contribution in [3.05, 3.63) is 15.8 Å². The van der Waals surface area contributed by atoms with Crippen LogP contribution in [-0.2, 0) is 9.53 Å². The molecular weight excluding hydrogens is 242 g/mol. The van der Waals surface area contributed by atoms with E-state index in [-0.39, 0.29) is 17.4 Å². The lowest BCUT2D eigenvalue weighted by Crippen LogP contribution is -2.19. The number of hydrogen-bond acceptors (Lipinski definition) is 4. The van der Waals surface area contributed by atoms with E-state index in [9.17, 15) is 9.59 Å². The van der Waals surface area contributed by atoms with Crippen LogP contribution in [0.15, 0.2) is 5.38 Å². The third-order valence-electron chi connectivity index (χ3n) is 2.02. The number of carbonyl (C=O) groups excluding carboxylic acids is 1. The molecule has 0 spiro atoms. The predicted octanol–water partition coefficient (Wildman–Crippen LogP) is 2.12. The molecule has 1 heterocycles. The number of aromatic carboxylic acids is 1. The van der Waals surface area contributed by atoms with Crippen molar-refractivity contribution in [2.75, 3.05) is 18.5 Å². The molecule has 0 unspecified atom stereocenters. The lowest BCUT2D eigenvalue weighted by Gasteiger charge is -2.06. The van der Waals surface area contributed by atoms with Gasteiger partial charge >= 0.3 is 5.97 Å². The molecule has 94 valence electrons. The molecule has 0 aliphatic rings. The standard InChI is InChI=1S/C11H15NO4S/c1-3-4-16-5-8(13)12-9-7(2)6-17-10(9)11(14)15/h6H,3-5H2,1-2H3,(H,12,13)(H,14,15). The van der Waals surface area contributed by atoms with Gasteiger partial charge in [0.1, 0.15) is 11.5 Å². The van der Waals surface area contributed by atoms with Crippen LogP contribution in [0.2, 0.25) is 0 Å². The minimum absolute atomic E-state index is 0.0534. The second-order valence-corrected chi connectivity index (χ2v) is 4.41. The first-order valence-corrected chi connectivity index (χ1v) is 6.13. The summed E-state index contributed by atoms with van der Waals surface area (Å²) in [5, 5.41) is 13.2. The van der Waals surface area contributed by atoms with E-state index in [0.29, 0.717) is 12.3 Å².